The van der Waals surface area contributed by atoms with Crippen molar-refractivity contribution in [3.63, 3.8) is 0 Å². The maximum Gasteiger partial charge on any atom is 0.226 e. The molecule has 0 radical (unpaired) electrons. The molecule has 18 heavy (non-hydrogen) atoms. The van der Waals surface area contributed by atoms with Crippen LogP contribution in [0.5, 0.6) is 0 Å². The van der Waals surface area contributed by atoms with Gasteiger partial charge < -0.3 is 0 Å². The average molecular weight is 249 g/mol. The second-order valence-electron chi connectivity index (χ2n) is 5.48. The number of nitrogens with one attached hydrogen (secondary N) is 1. The van der Waals surface area contributed by atoms with Gasteiger partial charge in [-0.1, -0.05) is 13.0 Å². The summed E-state index contributed by atoms with van der Waals surface area (Å²) >= 11 is 0. The molecular weight excluding hydrogens is 230 g/mol. The summed E-state index contributed by atoms with van der Waals surface area (Å²) in [4.78, 5) is 34.2. The highest BCUT2D eigenvalue weighted by Crippen LogP contribution is 2.27. The predicted octanol–water partition coefficient (Wildman–Crippen LogP) is 1.74. The first kappa shape index (κ1) is 13.0. The number of rotatable bonds is 2. The zero-order valence-corrected chi connectivity index (χ0v) is 10.7. The molecule has 98 valence electrons. The van der Waals surface area contributed by atoms with Crippen molar-refractivity contribution in [1.29, 1.82) is 0 Å². The van der Waals surface area contributed by atoms with E-state index in [0.717, 1.165) is 18.4 Å². The van der Waals surface area contributed by atoms with E-state index in [9.17, 15) is 14.4 Å². The van der Waals surface area contributed by atoms with E-state index >= 15 is 0 Å². The molecule has 0 aromatic heterocycles. The van der Waals surface area contributed by atoms with Crippen molar-refractivity contribution in [2.24, 2.45) is 11.8 Å². The van der Waals surface area contributed by atoms with Crippen LogP contribution >= 0.6 is 0 Å². The molecule has 1 heterocycles. The molecule has 0 aromatic carbocycles. The largest absolute Gasteiger partial charge is 0.296 e. The summed E-state index contributed by atoms with van der Waals surface area (Å²) in [6.07, 6.45) is 5.84. The Hall–Kier alpha value is -1.45. The normalized spacial score (nSPS) is 28.6. The Bertz CT molecular complexity index is 395. The second-order valence-corrected chi connectivity index (χ2v) is 5.48. The molecule has 2 amide bonds. The molecule has 1 aliphatic heterocycles. The van der Waals surface area contributed by atoms with E-state index in [0.29, 0.717) is 31.6 Å². The monoisotopic (exact) mass is 249 g/mol. The van der Waals surface area contributed by atoms with Crippen molar-refractivity contribution >= 4 is 17.6 Å². The predicted molar refractivity (Wildman–Crippen MR) is 66.6 cm³/mol. The van der Waals surface area contributed by atoms with E-state index in [1.807, 2.05) is 6.08 Å². The SMILES string of the molecule is CC1CCC(=O)/C(=C/CC2CC(=O)NC(=O)C2)C1. The van der Waals surface area contributed by atoms with Crippen molar-refractivity contribution in [2.75, 3.05) is 0 Å². The van der Waals surface area contributed by atoms with Gasteiger partial charge in [-0.05, 0) is 36.7 Å². The quantitative estimate of drug-likeness (QED) is 0.599. The molecule has 1 unspecified atom stereocenters. The summed E-state index contributed by atoms with van der Waals surface area (Å²) in [5.74, 6) is 0.463. The molecule has 2 fully saturated rings. The van der Waals surface area contributed by atoms with E-state index in [1.165, 1.54) is 0 Å². The lowest BCUT2D eigenvalue weighted by Gasteiger charge is -2.22. The summed E-state index contributed by atoms with van der Waals surface area (Å²) in [5, 5.41) is 2.30. The minimum Gasteiger partial charge on any atom is -0.296 e. The first-order valence-corrected chi connectivity index (χ1v) is 6.59. The molecule has 4 nitrogen and oxygen atoms in total. The third kappa shape index (κ3) is 3.28. The fourth-order valence-electron chi connectivity index (χ4n) is 2.66. The van der Waals surface area contributed by atoms with Crippen molar-refractivity contribution < 1.29 is 14.4 Å². The van der Waals surface area contributed by atoms with Gasteiger partial charge in [0.2, 0.25) is 11.8 Å². The number of allylic oxidation sites excluding steroid dienone is 2. The van der Waals surface area contributed by atoms with E-state index in [2.05, 4.69) is 12.2 Å². The van der Waals surface area contributed by atoms with E-state index in [-0.39, 0.29) is 23.5 Å². The van der Waals surface area contributed by atoms with Gasteiger partial charge in [-0.3, -0.25) is 19.7 Å². The van der Waals surface area contributed by atoms with Crippen LogP contribution in [0.2, 0.25) is 0 Å². The fourth-order valence-corrected chi connectivity index (χ4v) is 2.66. The van der Waals surface area contributed by atoms with Crippen LogP contribution in [0, 0.1) is 11.8 Å². The maximum absolute atomic E-state index is 11.7. The third-order valence-electron chi connectivity index (χ3n) is 3.72. The smallest absolute Gasteiger partial charge is 0.226 e. The number of imide groups is 1. The van der Waals surface area contributed by atoms with Crippen LogP contribution in [0.15, 0.2) is 11.6 Å². The highest BCUT2D eigenvalue weighted by Gasteiger charge is 2.25. The van der Waals surface area contributed by atoms with Crippen molar-refractivity contribution in [3.8, 4) is 0 Å². The standard InChI is InChI=1S/C14H19NO3/c1-9-2-5-12(16)11(6-9)4-3-10-7-13(17)15-14(18)8-10/h4,9-10H,2-3,5-8H2,1H3,(H,15,17,18)/b11-4+. The van der Waals surface area contributed by atoms with Gasteiger partial charge in [-0.25, -0.2) is 0 Å². The zero-order chi connectivity index (χ0) is 13.1. The number of ketones is 1. The van der Waals surface area contributed by atoms with Gasteiger partial charge >= 0.3 is 0 Å². The van der Waals surface area contributed by atoms with Crippen LogP contribution in [-0.2, 0) is 14.4 Å². The van der Waals surface area contributed by atoms with Gasteiger partial charge in [-0.15, -0.1) is 0 Å². The van der Waals surface area contributed by atoms with Crippen molar-refractivity contribution in [2.45, 2.75) is 45.4 Å². The highest BCUT2D eigenvalue weighted by atomic mass is 16.2. The minimum atomic E-state index is -0.196. The average Bonchev–Trinajstić information content (AvgIpc) is 2.29. The highest BCUT2D eigenvalue weighted by molar-refractivity contribution is 5.98. The summed E-state index contributed by atoms with van der Waals surface area (Å²) in [6, 6.07) is 0. The summed E-state index contributed by atoms with van der Waals surface area (Å²) < 4.78 is 0. The second kappa shape index (κ2) is 5.46. The van der Waals surface area contributed by atoms with Gasteiger partial charge in [0, 0.05) is 19.3 Å². The Morgan fingerprint density at radius 1 is 1.17 bits per heavy atom. The number of carbonyl (C=O) groups is 3. The third-order valence-corrected chi connectivity index (χ3v) is 3.72. The van der Waals surface area contributed by atoms with Crippen LogP contribution in [-0.4, -0.2) is 17.6 Å². The van der Waals surface area contributed by atoms with E-state index in [1.54, 1.807) is 0 Å². The zero-order valence-electron chi connectivity index (χ0n) is 10.7. The van der Waals surface area contributed by atoms with E-state index < -0.39 is 0 Å². The number of hydrogen-bond donors (Lipinski definition) is 1. The van der Waals surface area contributed by atoms with Gasteiger partial charge in [0.1, 0.15) is 0 Å². The topological polar surface area (TPSA) is 63.2 Å². The number of piperidine rings is 1. The Morgan fingerprint density at radius 2 is 1.83 bits per heavy atom. The van der Waals surface area contributed by atoms with Crippen LogP contribution in [0.4, 0.5) is 0 Å². The molecule has 0 bridgehead atoms. The van der Waals surface area contributed by atoms with Crippen LogP contribution < -0.4 is 5.32 Å². The Morgan fingerprint density at radius 3 is 2.50 bits per heavy atom. The van der Waals surface area contributed by atoms with Crippen molar-refractivity contribution in [1.82, 2.24) is 5.32 Å². The molecule has 1 saturated heterocycles. The molecule has 1 atom stereocenters. The molecule has 2 aliphatic rings. The van der Waals surface area contributed by atoms with Crippen LogP contribution in [0.1, 0.15) is 45.4 Å². The summed E-state index contributed by atoms with van der Waals surface area (Å²) in [5.41, 5.74) is 0.896. The van der Waals surface area contributed by atoms with Crippen LogP contribution in [0.3, 0.4) is 0 Å². The number of hydrogen-bond acceptors (Lipinski definition) is 3. The first-order chi connectivity index (χ1) is 8.54. The van der Waals surface area contributed by atoms with Crippen molar-refractivity contribution in [3.05, 3.63) is 11.6 Å². The molecule has 1 saturated carbocycles. The number of carbonyl (C=O) groups excluding carboxylic acids is 3. The van der Waals surface area contributed by atoms with Gasteiger partial charge in [0.25, 0.3) is 0 Å². The lowest BCUT2D eigenvalue weighted by Crippen LogP contribution is -2.38. The van der Waals surface area contributed by atoms with E-state index in [4.69, 9.17) is 0 Å². The molecule has 1 aliphatic carbocycles. The minimum absolute atomic E-state index is 0.0591. The molecule has 0 spiro atoms. The fraction of sp³-hybridized carbons (Fsp3) is 0.643. The molecule has 4 heteroatoms. The number of Topliss-reactive ketones (excluding diaryl/α,β-unsaturated/α-hetero) is 1. The van der Waals surface area contributed by atoms with Gasteiger partial charge in [0.05, 0.1) is 0 Å². The Labute approximate surface area is 107 Å². The Kier molecular flexibility index (Phi) is 3.94. The Balaban J connectivity index is 1.94. The molecule has 0 aromatic rings. The number of amides is 2. The molecule has 1 N–H and O–H groups in total. The summed E-state index contributed by atoms with van der Waals surface area (Å²) in [7, 11) is 0. The molecule has 2 rings (SSSR count). The summed E-state index contributed by atoms with van der Waals surface area (Å²) in [6.45, 7) is 2.15. The maximum atomic E-state index is 11.7. The first-order valence-electron chi connectivity index (χ1n) is 6.59. The van der Waals surface area contributed by atoms with Crippen LogP contribution in [0.25, 0.3) is 0 Å². The van der Waals surface area contributed by atoms with Gasteiger partial charge in [-0.2, -0.15) is 0 Å². The lowest BCUT2D eigenvalue weighted by atomic mass is 9.84. The lowest BCUT2D eigenvalue weighted by molar-refractivity contribution is -0.134. The van der Waals surface area contributed by atoms with Gasteiger partial charge in [0.15, 0.2) is 5.78 Å². The molecular formula is C14H19NO3.